The van der Waals surface area contributed by atoms with Crippen LogP contribution in [0.1, 0.15) is 18.9 Å². The fourth-order valence-corrected chi connectivity index (χ4v) is 2.00. The number of aliphatic hydroxyl groups excluding tert-OH is 1. The zero-order valence-corrected chi connectivity index (χ0v) is 12.4. The standard InChI is InChI=1S/C15H26N2O2/c1-15(9-10-18,12-19-4)16-11-13-5-7-14(8-6-13)17(2)3/h5-8,16,18H,9-12H2,1-4H3. The zero-order chi connectivity index (χ0) is 14.3. The van der Waals surface area contributed by atoms with Gasteiger partial charge in [0.15, 0.2) is 0 Å². The Morgan fingerprint density at radius 1 is 1.26 bits per heavy atom. The minimum absolute atomic E-state index is 0.159. The molecule has 1 aromatic carbocycles. The van der Waals surface area contributed by atoms with Gasteiger partial charge in [-0.3, -0.25) is 0 Å². The minimum Gasteiger partial charge on any atom is -0.396 e. The normalized spacial score (nSPS) is 14.2. The number of methoxy groups -OCH3 is 1. The highest BCUT2D eigenvalue weighted by Gasteiger charge is 2.22. The fourth-order valence-electron chi connectivity index (χ4n) is 2.00. The topological polar surface area (TPSA) is 44.7 Å². The molecule has 19 heavy (non-hydrogen) atoms. The number of anilines is 1. The summed E-state index contributed by atoms with van der Waals surface area (Å²) in [6.45, 7) is 3.59. The second kappa shape index (κ2) is 7.48. The highest BCUT2D eigenvalue weighted by Crippen LogP contribution is 2.14. The van der Waals surface area contributed by atoms with Gasteiger partial charge in [0.2, 0.25) is 0 Å². The minimum atomic E-state index is -0.191. The van der Waals surface area contributed by atoms with Crippen LogP contribution in [0.25, 0.3) is 0 Å². The number of nitrogens with zero attached hydrogens (tertiary/aromatic N) is 1. The Morgan fingerprint density at radius 3 is 2.37 bits per heavy atom. The maximum atomic E-state index is 9.12. The monoisotopic (exact) mass is 266 g/mol. The molecule has 1 aromatic rings. The van der Waals surface area contributed by atoms with Crippen LogP contribution in [0.15, 0.2) is 24.3 Å². The van der Waals surface area contributed by atoms with Crippen LogP contribution in [-0.2, 0) is 11.3 Å². The largest absolute Gasteiger partial charge is 0.396 e. The predicted octanol–water partition coefficient (Wildman–Crippen LogP) is 1.63. The molecule has 1 rings (SSSR count). The number of benzene rings is 1. The van der Waals surface area contributed by atoms with Crippen molar-refractivity contribution < 1.29 is 9.84 Å². The van der Waals surface area contributed by atoms with Crippen LogP contribution in [0, 0.1) is 0 Å². The van der Waals surface area contributed by atoms with Gasteiger partial charge in [-0.15, -0.1) is 0 Å². The van der Waals surface area contributed by atoms with Crippen molar-refractivity contribution in [2.24, 2.45) is 0 Å². The molecule has 0 radical (unpaired) electrons. The number of hydrogen-bond donors (Lipinski definition) is 2. The lowest BCUT2D eigenvalue weighted by Crippen LogP contribution is -2.46. The summed E-state index contributed by atoms with van der Waals surface area (Å²) < 4.78 is 5.22. The maximum absolute atomic E-state index is 9.12. The highest BCUT2D eigenvalue weighted by molar-refractivity contribution is 5.45. The molecule has 0 spiro atoms. The fraction of sp³-hybridized carbons (Fsp3) is 0.600. The molecule has 0 fully saturated rings. The van der Waals surface area contributed by atoms with Gasteiger partial charge >= 0.3 is 0 Å². The molecule has 4 nitrogen and oxygen atoms in total. The lowest BCUT2D eigenvalue weighted by atomic mass is 9.99. The van der Waals surface area contributed by atoms with E-state index in [1.54, 1.807) is 7.11 Å². The molecular formula is C15H26N2O2. The van der Waals surface area contributed by atoms with Gasteiger partial charge < -0.3 is 20.1 Å². The highest BCUT2D eigenvalue weighted by atomic mass is 16.5. The Kier molecular flexibility index (Phi) is 6.28. The Hall–Kier alpha value is -1.10. The third-order valence-corrected chi connectivity index (χ3v) is 3.30. The summed E-state index contributed by atoms with van der Waals surface area (Å²) in [6, 6.07) is 8.45. The zero-order valence-electron chi connectivity index (χ0n) is 12.4. The first-order chi connectivity index (χ1) is 9.00. The summed E-state index contributed by atoms with van der Waals surface area (Å²) in [7, 11) is 5.75. The molecule has 0 saturated heterocycles. The molecule has 4 heteroatoms. The lowest BCUT2D eigenvalue weighted by molar-refractivity contribution is 0.0970. The van der Waals surface area contributed by atoms with Crippen LogP contribution in [0.3, 0.4) is 0 Å². The summed E-state index contributed by atoms with van der Waals surface area (Å²) in [4.78, 5) is 2.08. The van der Waals surface area contributed by atoms with Gasteiger partial charge in [-0.1, -0.05) is 12.1 Å². The molecule has 0 aromatic heterocycles. The predicted molar refractivity (Wildman–Crippen MR) is 79.6 cm³/mol. The molecule has 0 saturated carbocycles. The van der Waals surface area contributed by atoms with Crippen LogP contribution in [0.5, 0.6) is 0 Å². The van der Waals surface area contributed by atoms with Crippen molar-refractivity contribution in [1.82, 2.24) is 5.32 Å². The second-order valence-corrected chi connectivity index (χ2v) is 5.38. The number of nitrogens with one attached hydrogen (secondary N) is 1. The Bertz CT molecular complexity index is 357. The van der Waals surface area contributed by atoms with E-state index < -0.39 is 0 Å². The Balaban J connectivity index is 2.58. The van der Waals surface area contributed by atoms with Crippen molar-refractivity contribution in [2.75, 3.05) is 39.3 Å². The summed E-state index contributed by atoms with van der Waals surface area (Å²) in [5.74, 6) is 0. The maximum Gasteiger partial charge on any atom is 0.0642 e. The van der Waals surface area contributed by atoms with Crippen LogP contribution in [-0.4, -0.2) is 45.1 Å². The van der Waals surface area contributed by atoms with Crippen molar-refractivity contribution in [3.63, 3.8) is 0 Å². The SMILES string of the molecule is COCC(C)(CCO)NCc1ccc(N(C)C)cc1. The lowest BCUT2D eigenvalue weighted by Gasteiger charge is -2.29. The van der Waals surface area contributed by atoms with E-state index in [0.29, 0.717) is 13.0 Å². The summed E-state index contributed by atoms with van der Waals surface area (Å²) in [5, 5.41) is 12.6. The smallest absolute Gasteiger partial charge is 0.0642 e. The van der Waals surface area contributed by atoms with E-state index in [1.165, 1.54) is 11.3 Å². The van der Waals surface area contributed by atoms with E-state index in [-0.39, 0.29) is 12.1 Å². The van der Waals surface area contributed by atoms with E-state index in [1.807, 2.05) is 14.1 Å². The van der Waals surface area contributed by atoms with Crippen LogP contribution in [0.2, 0.25) is 0 Å². The van der Waals surface area contributed by atoms with Crippen molar-refractivity contribution in [3.8, 4) is 0 Å². The summed E-state index contributed by atoms with van der Waals surface area (Å²) in [5.41, 5.74) is 2.23. The molecule has 0 aliphatic heterocycles. The quantitative estimate of drug-likeness (QED) is 0.750. The third-order valence-electron chi connectivity index (χ3n) is 3.30. The van der Waals surface area contributed by atoms with Gasteiger partial charge in [-0.25, -0.2) is 0 Å². The van der Waals surface area contributed by atoms with Crippen LogP contribution >= 0.6 is 0 Å². The molecule has 0 aliphatic rings. The number of rotatable bonds is 8. The van der Waals surface area contributed by atoms with Gasteiger partial charge in [-0.2, -0.15) is 0 Å². The van der Waals surface area contributed by atoms with E-state index in [0.717, 1.165) is 6.54 Å². The molecule has 0 heterocycles. The van der Waals surface area contributed by atoms with Crippen LogP contribution < -0.4 is 10.2 Å². The molecule has 0 amide bonds. The average molecular weight is 266 g/mol. The van der Waals surface area contributed by atoms with Crippen molar-refractivity contribution in [3.05, 3.63) is 29.8 Å². The summed E-state index contributed by atoms with van der Waals surface area (Å²) >= 11 is 0. The van der Waals surface area contributed by atoms with Gasteiger partial charge in [0.25, 0.3) is 0 Å². The van der Waals surface area contributed by atoms with E-state index in [2.05, 4.69) is 41.4 Å². The Morgan fingerprint density at radius 2 is 1.89 bits per heavy atom. The molecule has 108 valence electrons. The number of ether oxygens (including phenoxy) is 1. The molecular weight excluding hydrogens is 240 g/mol. The van der Waals surface area contributed by atoms with E-state index in [9.17, 15) is 0 Å². The Labute approximate surface area is 116 Å². The molecule has 1 unspecified atom stereocenters. The first-order valence-corrected chi connectivity index (χ1v) is 6.62. The number of hydrogen-bond acceptors (Lipinski definition) is 4. The van der Waals surface area contributed by atoms with Crippen molar-refractivity contribution in [1.29, 1.82) is 0 Å². The van der Waals surface area contributed by atoms with Crippen LogP contribution in [0.4, 0.5) is 5.69 Å². The first-order valence-electron chi connectivity index (χ1n) is 6.62. The number of aliphatic hydroxyl groups is 1. The van der Waals surface area contributed by atoms with E-state index >= 15 is 0 Å². The van der Waals surface area contributed by atoms with E-state index in [4.69, 9.17) is 9.84 Å². The molecule has 1 atom stereocenters. The molecule has 0 bridgehead atoms. The van der Waals surface area contributed by atoms with Gasteiger partial charge in [0.1, 0.15) is 0 Å². The van der Waals surface area contributed by atoms with Crippen molar-refractivity contribution in [2.45, 2.75) is 25.4 Å². The van der Waals surface area contributed by atoms with Crippen molar-refractivity contribution >= 4 is 5.69 Å². The first kappa shape index (κ1) is 16.0. The molecule has 0 aliphatic carbocycles. The van der Waals surface area contributed by atoms with Gasteiger partial charge in [0.05, 0.1) is 6.61 Å². The molecule has 2 N–H and O–H groups in total. The van der Waals surface area contributed by atoms with Gasteiger partial charge in [0, 0.05) is 45.6 Å². The third kappa shape index (κ3) is 5.19. The second-order valence-electron chi connectivity index (χ2n) is 5.38. The van der Waals surface area contributed by atoms with Gasteiger partial charge in [-0.05, 0) is 31.0 Å². The average Bonchev–Trinajstić information content (AvgIpc) is 2.37. The summed E-state index contributed by atoms with van der Waals surface area (Å²) in [6.07, 6.45) is 0.677.